The lowest BCUT2D eigenvalue weighted by atomic mass is 10.3. The minimum atomic E-state index is -0.642. The van der Waals surface area contributed by atoms with E-state index in [0.29, 0.717) is 0 Å². The van der Waals surface area contributed by atoms with Crippen LogP contribution in [0.25, 0.3) is 0 Å². The number of benzene rings is 1. The van der Waals surface area contributed by atoms with E-state index < -0.39 is 10.7 Å². The Hall–Kier alpha value is -2.22. The maximum absolute atomic E-state index is 13.4. The Balaban J connectivity index is 2.40. The number of rotatable bonds is 4. The Labute approximate surface area is 121 Å². The van der Waals surface area contributed by atoms with Gasteiger partial charge in [0.15, 0.2) is 0 Å². The summed E-state index contributed by atoms with van der Waals surface area (Å²) in [6.45, 7) is 0. The Morgan fingerprint density at radius 3 is 2.70 bits per heavy atom. The molecule has 1 aromatic carbocycles. The van der Waals surface area contributed by atoms with Crippen molar-refractivity contribution in [1.29, 1.82) is 0 Å². The Bertz CT molecular complexity index is 666. The summed E-state index contributed by atoms with van der Waals surface area (Å²) in [5.74, 6) is -0.568. The topological polar surface area (TPSA) is 74.5 Å². The molecule has 0 aliphatic carbocycles. The fraction of sp³-hybridized carbons (Fsp3) is 0.0833. The number of nitro groups is 1. The molecular weight excluding hydrogens is 335 g/mol. The van der Waals surface area contributed by atoms with Crippen molar-refractivity contribution >= 4 is 21.6 Å². The van der Waals surface area contributed by atoms with Crippen molar-refractivity contribution in [3.05, 3.63) is 50.7 Å². The molecule has 0 aliphatic rings. The van der Waals surface area contributed by atoms with E-state index in [1.807, 2.05) is 0 Å². The summed E-state index contributed by atoms with van der Waals surface area (Å²) in [4.78, 5) is 14.1. The highest BCUT2D eigenvalue weighted by Gasteiger charge is 2.19. The predicted octanol–water partition coefficient (Wildman–Crippen LogP) is 3.69. The van der Waals surface area contributed by atoms with Crippen LogP contribution in [0.1, 0.15) is 0 Å². The lowest BCUT2D eigenvalue weighted by molar-refractivity contribution is -0.386. The molecule has 0 N–H and O–H groups in total. The Morgan fingerprint density at radius 2 is 2.10 bits per heavy atom. The van der Waals surface area contributed by atoms with Crippen LogP contribution in [0.15, 0.2) is 34.8 Å². The van der Waals surface area contributed by atoms with E-state index in [0.717, 1.165) is 6.07 Å². The van der Waals surface area contributed by atoms with Gasteiger partial charge in [0.2, 0.25) is 5.88 Å². The molecule has 20 heavy (non-hydrogen) atoms. The summed E-state index contributed by atoms with van der Waals surface area (Å²) in [5, 5.41) is 10.9. The summed E-state index contributed by atoms with van der Waals surface area (Å²) in [6.07, 6.45) is 0. The van der Waals surface area contributed by atoms with Crippen molar-refractivity contribution in [3.63, 3.8) is 0 Å². The third-order valence-corrected chi connectivity index (χ3v) is 2.97. The standard InChI is InChI=1S/C12H8BrFN2O4/c1-19-11-5-4-10(16(17)18)12(15-11)20-7-2-3-8(13)9(14)6-7/h2-6H,1H3. The molecule has 8 heteroatoms. The molecular formula is C12H8BrFN2O4. The molecule has 0 saturated carbocycles. The number of halogens is 2. The van der Waals surface area contributed by atoms with Crippen LogP contribution >= 0.6 is 15.9 Å². The fourth-order valence-corrected chi connectivity index (χ4v) is 1.64. The predicted molar refractivity (Wildman–Crippen MR) is 71.6 cm³/mol. The Morgan fingerprint density at radius 1 is 1.35 bits per heavy atom. The van der Waals surface area contributed by atoms with Gasteiger partial charge in [0.25, 0.3) is 0 Å². The number of hydrogen-bond acceptors (Lipinski definition) is 5. The molecule has 0 aliphatic heterocycles. The number of aromatic nitrogens is 1. The first-order valence-electron chi connectivity index (χ1n) is 5.33. The highest BCUT2D eigenvalue weighted by Crippen LogP contribution is 2.32. The summed E-state index contributed by atoms with van der Waals surface area (Å²) >= 11 is 3.00. The molecule has 0 atom stereocenters. The molecule has 1 heterocycles. The molecule has 0 fully saturated rings. The number of hydrogen-bond donors (Lipinski definition) is 0. The number of pyridine rings is 1. The summed E-state index contributed by atoms with van der Waals surface area (Å²) in [5.41, 5.74) is -0.339. The molecule has 1 aromatic heterocycles. The highest BCUT2D eigenvalue weighted by atomic mass is 79.9. The average Bonchev–Trinajstić information content (AvgIpc) is 2.42. The summed E-state index contributed by atoms with van der Waals surface area (Å²) in [6, 6.07) is 6.52. The lowest BCUT2D eigenvalue weighted by Crippen LogP contribution is -1.98. The third-order valence-electron chi connectivity index (χ3n) is 2.33. The van der Waals surface area contributed by atoms with Crippen LogP contribution in [0.4, 0.5) is 10.1 Å². The van der Waals surface area contributed by atoms with Crippen molar-refractivity contribution in [3.8, 4) is 17.5 Å². The van der Waals surface area contributed by atoms with E-state index in [1.165, 1.54) is 31.4 Å². The van der Waals surface area contributed by atoms with Gasteiger partial charge in [-0.05, 0) is 28.1 Å². The van der Waals surface area contributed by atoms with Crippen LogP contribution in [-0.4, -0.2) is 17.0 Å². The summed E-state index contributed by atoms with van der Waals surface area (Å²) < 4.78 is 23.8. The van der Waals surface area contributed by atoms with Gasteiger partial charge in [-0.2, -0.15) is 4.98 Å². The van der Waals surface area contributed by atoms with Crippen LogP contribution in [0, 0.1) is 15.9 Å². The van der Waals surface area contributed by atoms with Gasteiger partial charge >= 0.3 is 11.6 Å². The van der Waals surface area contributed by atoms with Gasteiger partial charge in [-0.15, -0.1) is 0 Å². The van der Waals surface area contributed by atoms with E-state index in [9.17, 15) is 14.5 Å². The van der Waals surface area contributed by atoms with Gasteiger partial charge < -0.3 is 9.47 Å². The second-order valence-electron chi connectivity index (χ2n) is 3.61. The van der Waals surface area contributed by atoms with E-state index in [1.54, 1.807) is 0 Å². The van der Waals surface area contributed by atoms with Gasteiger partial charge in [-0.1, -0.05) is 0 Å². The molecule has 0 amide bonds. The van der Waals surface area contributed by atoms with Crippen molar-refractivity contribution in [2.75, 3.05) is 7.11 Å². The first kappa shape index (κ1) is 14.2. The number of methoxy groups -OCH3 is 1. The highest BCUT2D eigenvalue weighted by molar-refractivity contribution is 9.10. The monoisotopic (exact) mass is 342 g/mol. The zero-order chi connectivity index (χ0) is 14.7. The van der Waals surface area contributed by atoms with E-state index in [2.05, 4.69) is 20.9 Å². The zero-order valence-corrected chi connectivity index (χ0v) is 11.8. The zero-order valence-electron chi connectivity index (χ0n) is 10.2. The minimum Gasteiger partial charge on any atom is -0.481 e. The van der Waals surface area contributed by atoms with Gasteiger partial charge in [-0.3, -0.25) is 10.1 Å². The maximum atomic E-state index is 13.4. The largest absolute Gasteiger partial charge is 0.481 e. The number of ether oxygens (including phenoxy) is 2. The fourth-order valence-electron chi connectivity index (χ4n) is 1.40. The van der Waals surface area contributed by atoms with Crippen molar-refractivity contribution in [2.45, 2.75) is 0 Å². The molecule has 0 unspecified atom stereocenters. The molecule has 0 radical (unpaired) electrons. The smallest absolute Gasteiger partial charge is 0.331 e. The van der Waals surface area contributed by atoms with Gasteiger partial charge in [0, 0.05) is 18.2 Å². The average molecular weight is 343 g/mol. The maximum Gasteiger partial charge on any atom is 0.331 e. The molecule has 104 valence electrons. The summed E-state index contributed by atoms with van der Waals surface area (Å²) in [7, 11) is 1.37. The van der Waals surface area contributed by atoms with Crippen molar-refractivity contribution in [1.82, 2.24) is 4.98 Å². The van der Waals surface area contributed by atoms with Crippen LogP contribution in [0.2, 0.25) is 0 Å². The van der Waals surface area contributed by atoms with Crippen LogP contribution in [0.5, 0.6) is 17.5 Å². The van der Waals surface area contributed by atoms with Gasteiger partial charge in [0.05, 0.1) is 16.5 Å². The minimum absolute atomic E-state index is 0.0922. The van der Waals surface area contributed by atoms with Crippen molar-refractivity contribution < 1.29 is 18.8 Å². The lowest BCUT2D eigenvalue weighted by Gasteiger charge is -2.07. The normalized spacial score (nSPS) is 10.2. The van der Waals surface area contributed by atoms with E-state index >= 15 is 0 Å². The molecule has 2 aromatic rings. The van der Waals surface area contributed by atoms with Gasteiger partial charge in [0.1, 0.15) is 11.6 Å². The van der Waals surface area contributed by atoms with E-state index in [4.69, 9.17) is 9.47 Å². The number of nitrogens with zero attached hydrogens (tertiary/aromatic N) is 2. The second-order valence-corrected chi connectivity index (χ2v) is 4.47. The van der Waals surface area contributed by atoms with Crippen molar-refractivity contribution in [2.24, 2.45) is 0 Å². The molecule has 2 rings (SSSR count). The first-order chi connectivity index (χ1) is 9.51. The van der Waals surface area contributed by atoms with Crippen LogP contribution < -0.4 is 9.47 Å². The van der Waals surface area contributed by atoms with E-state index in [-0.39, 0.29) is 27.7 Å². The SMILES string of the molecule is COc1ccc([N+](=O)[O-])c(Oc2ccc(Br)c(F)c2)n1. The molecule has 0 bridgehead atoms. The first-order valence-corrected chi connectivity index (χ1v) is 6.13. The molecule has 0 spiro atoms. The Kier molecular flexibility index (Phi) is 4.14. The van der Waals surface area contributed by atoms with Crippen LogP contribution in [-0.2, 0) is 0 Å². The quantitative estimate of drug-likeness (QED) is 0.625. The second kappa shape index (κ2) is 5.83. The van der Waals surface area contributed by atoms with Gasteiger partial charge in [-0.25, -0.2) is 4.39 Å². The molecule has 0 saturated heterocycles. The third kappa shape index (κ3) is 3.02. The molecule has 6 nitrogen and oxygen atoms in total. The van der Waals surface area contributed by atoms with Crippen LogP contribution in [0.3, 0.4) is 0 Å².